The van der Waals surface area contributed by atoms with Crippen LogP contribution >= 0.6 is 0 Å². The maximum atomic E-state index is 13.4. The summed E-state index contributed by atoms with van der Waals surface area (Å²) in [6, 6.07) is 13.0. The van der Waals surface area contributed by atoms with Crippen LogP contribution in [0.3, 0.4) is 0 Å². The second-order valence-corrected chi connectivity index (χ2v) is 7.10. The molecule has 0 fully saturated rings. The maximum Gasteiger partial charge on any atom is 0.262 e. The quantitative estimate of drug-likeness (QED) is 0.789. The van der Waals surface area contributed by atoms with Crippen molar-refractivity contribution in [1.29, 1.82) is 0 Å². The Labute approximate surface area is 139 Å². The molecule has 1 heterocycles. The van der Waals surface area contributed by atoms with Gasteiger partial charge in [0.2, 0.25) is 0 Å². The van der Waals surface area contributed by atoms with Crippen LogP contribution in [0.2, 0.25) is 0 Å². The summed E-state index contributed by atoms with van der Waals surface area (Å²) in [5.41, 5.74) is 2.13. The van der Waals surface area contributed by atoms with Crippen LogP contribution in [0.25, 0.3) is 11.3 Å². The Morgan fingerprint density at radius 2 is 1.83 bits per heavy atom. The smallest absolute Gasteiger partial charge is 0.262 e. The minimum Gasteiger partial charge on any atom is -0.276 e. The van der Waals surface area contributed by atoms with Gasteiger partial charge in [-0.2, -0.15) is 5.10 Å². The first-order chi connectivity index (χ1) is 11.4. The molecule has 3 rings (SSSR count). The van der Waals surface area contributed by atoms with Gasteiger partial charge in [-0.15, -0.1) is 0 Å². The molecule has 0 bridgehead atoms. The summed E-state index contributed by atoms with van der Waals surface area (Å²) in [4.78, 5) is 0.00395. The van der Waals surface area contributed by atoms with Crippen molar-refractivity contribution in [3.8, 4) is 11.3 Å². The topological polar surface area (TPSA) is 64.0 Å². The number of hydrogen-bond acceptors (Lipinski definition) is 3. The van der Waals surface area contributed by atoms with E-state index in [4.69, 9.17) is 0 Å². The maximum absolute atomic E-state index is 13.4. The number of nitrogens with zero attached hydrogens (tertiary/aromatic N) is 2. The lowest BCUT2D eigenvalue weighted by Crippen LogP contribution is -2.13. The average Bonchev–Trinajstić information content (AvgIpc) is 2.90. The molecule has 0 atom stereocenters. The molecule has 0 saturated heterocycles. The molecule has 0 aliphatic heterocycles. The highest BCUT2D eigenvalue weighted by atomic mass is 32.2. The van der Waals surface area contributed by atoms with Gasteiger partial charge in [0.1, 0.15) is 5.82 Å². The van der Waals surface area contributed by atoms with Gasteiger partial charge in [0.15, 0.2) is 0 Å². The molecule has 1 N–H and O–H groups in total. The first kappa shape index (κ1) is 16.2. The number of hydrogen-bond donors (Lipinski definition) is 1. The number of aryl methyl sites for hydroxylation is 2. The van der Waals surface area contributed by atoms with Crippen molar-refractivity contribution in [3.05, 3.63) is 66.1 Å². The molecule has 3 aromatic rings. The van der Waals surface area contributed by atoms with Gasteiger partial charge in [0.25, 0.3) is 10.0 Å². The molecule has 7 heteroatoms. The fourth-order valence-electron chi connectivity index (χ4n) is 2.44. The molecule has 0 aliphatic carbocycles. The number of benzene rings is 2. The molecule has 1 aromatic heterocycles. The number of nitrogens with one attached hydrogen (secondary N) is 1. The lowest BCUT2D eigenvalue weighted by Gasteiger charge is -2.10. The first-order valence-electron chi connectivity index (χ1n) is 7.25. The predicted octanol–water partition coefficient (Wildman–Crippen LogP) is 3.34. The van der Waals surface area contributed by atoms with Crippen LogP contribution in [-0.4, -0.2) is 18.2 Å². The average molecular weight is 345 g/mol. The summed E-state index contributed by atoms with van der Waals surface area (Å²) in [5.74, 6) is -0.444. The molecule has 0 amide bonds. The summed E-state index contributed by atoms with van der Waals surface area (Å²) in [5, 5.41) is 4.13. The van der Waals surface area contributed by atoms with E-state index < -0.39 is 15.8 Å². The molecular formula is C17H16FN3O2S. The third-order valence-corrected chi connectivity index (χ3v) is 5.03. The normalized spacial score (nSPS) is 11.5. The highest BCUT2D eigenvalue weighted by molar-refractivity contribution is 7.92. The molecule has 0 aliphatic rings. The SMILES string of the molecule is Cc1cc(S(=O)(=O)Nc2cnn(C)c2-c2ccccc2)ccc1F. The van der Waals surface area contributed by atoms with Crippen molar-refractivity contribution in [3.63, 3.8) is 0 Å². The van der Waals surface area contributed by atoms with E-state index in [9.17, 15) is 12.8 Å². The molecule has 124 valence electrons. The van der Waals surface area contributed by atoms with Crippen molar-refractivity contribution >= 4 is 15.7 Å². The Morgan fingerprint density at radius 3 is 2.50 bits per heavy atom. The monoisotopic (exact) mass is 345 g/mol. The van der Waals surface area contributed by atoms with Crippen molar-refractivity contribution in [1.82, 2.24) is 9.78 Å². The Balaban J connectivity index is 2.01. The summed E-state index contributed by atoms with van der Waals surface area (Å²) in [6.45, 7) is 1.52. The number of anilines is 1. The zero-order chi connectivity index (χ0) is 17.3. The molecule has 0 unspecified atom stereocenters. The van der Waals surface area contributed by atoms with Gasteiger partial charge in [-0.3, -0.25) is 9.40 Å². The van der Waals surface area contributed by atoms with Gasteiger partial charge in [-0.05, 0) is 30.7 Å². The van der Waals surface area contributed by atoms with Crippen molar-refractivity contribution < 1.29 is 12.8 Å². The van der Waals surface area contributed by atoms with Gasteiger partial charge >= 0.3 is 0 Å². The molecule has 0 saturated carbocycles. The van der Waals surface area contributed by atoms with E-state index in [0.29, 0.717) is 11.4 Å². The Bertz CT molecular complexity index is 982. The molecule has 5 nitrogen and oxygen atoms in total. The van der Waals surface area contributed by atoms with Crippen LogP contribution in [0.5, 0.6) is 0 Å². The van der Waals surface area contributed by atoms with E-state index in [1.54, 1.807) is 11.7 Å². The van der Waals surface area contributed by atoms with Crippen molar-refractivity contribution in [2.75, 3.05) is 4.72 Å². The van der Waals surface area contributed by atoms with Crippen LogP contribution in [0.4, 0.5) is 10.1 Å². The molecular weight excluding hydrogens is 329 g/mol. The lowest BCUT2D eigenvalue weighted by atomic mass is 10.1. The van der Waals surface area contributed by atoms with E-state index in [1.165, 1.54) is 25.3 Å². The highest BCUT2D eigenvalue weighted by Crippen LogP contribution is 2.29. The minimum absolute atomic E-state index is 0.00395. The van der Waals surface area contributed by atoms with E-state index in [-0.39, 0.29) is 10.5 Å². The Kier molecular flexibility index (Phi) is 4.11. The van der Waals surface area contributed by atoms with Gasteiger partial charge < -0.3 is 0 Å². The van der Waals surface area contributed by atoms with E-state index in [0.717, 1.165) is 11.6 Å². The second-order valence-electron chi connectivity index (χ2n) is 5.41. The van der Waals surface area contributed by atoms with Gasteiger partial charge in [0.05, 0.1) is 22.5 Å². The largest absolute Gasteiger partial charge is 0.276 e. The number of halogens is 1. The lowest BCUT2D eigenvalue weighted by molar-refractivity contribution is 0.598. The van der Waals surface area contributed by atoms with Crippen LogP contribution in [0.1, 0.15) is 5.56 Å². The minimum atomic E-state index is -3.84. The molecule has 2 aromatic carbocycles. The molecule has 0 spiro atoms. The summed E-state index contributed by atoms with van der Waals surface area (Å²) in [7, 11) is -2.10. The summed E-state index contributed by atoms with van der Waals surface area (Å²) < 4.78 is 42.7. The second kappa shape index (κ2) is 6.09. The van der Waals surface area contributed by atoms with E-state index in [1.807, 2.05) is 30.3 Å². The third kappa shape index (κ3) is 3.03. The standard InChI is InChI=1S/C17H16FN3O2S/c1-12-10-14(8-9-15(12)18)24(22,23)20-16-11-19-21(2)17(16)13-6-4-3-5-7-13/h3-11,20H,1-2H3. The van der Waals surface area contributed by atoms with Crippen LogP contribution in [0, 0.1) is 12.7 Å². The highest BCUT2D eigenvalue weighted by Gasteiger charge is 2.20. The van der Waals surface area contributed by atoms with E-state index >= 15 is 0 Å². The summed E-state index contributed by atoms with van der Waals surface area (Å²) in [6.07, 6.45) is 1.45. The first-order valence-corrected chi connectivity index (χ1v) is 8.73. The van der Waals surface area contributed by atoms with Gasteiger partial charge in [0, 0.05) is 12.6 Å². The molecule has 24 heavy (non-hydrogen) atoms. The van der Waals surface area contributed by atoms with Crippen molar-refractivity contribution in [2.24, 2.45) is 7.05 Å². The number of aromatic nitrogens is 2. The van der Waals surface area contributed by atoms with Gasteiger partial charge in [-0.1, -0.05) is 30.3 Å². The van der Waals surface area contributed by atoms with Crippen molar-refractivity contribution in [2.45, 2.75) is 11.8 Å². The van der Waals surface area contributed by atoms with Crippen LogP contribution in [0.15, 0.2) is 59.6 Å². The Morgan fingerprint density at radius 1 is 1.12 bits per heavy atom. The number of sulfonamides is 1. The third-order valence-electron chi connectivity index (χ3n) is 3.67. The zero-order valence-corrected chi connectivity index (χ0v) is 14.0. The van der Waals surface area contributed by atoms with Crippen LogP contribution in [-0.2, 0) is 17.1 Å². The van der Waals surface area contributed by atoms with Crippen LogP contribution < -0.4 is 4.72 Å². The summed E-state index contributed by atoms with van der Waals surface area (Å²) >= 11 is 0. The fraction of sp³-hybridized carbons (Fsp3) is 0.118. The Hall–Kier alpha value is -2.67. The van der Waals surface area contributed by atoms with Gasteiger partial charge in [-0.25, -0.2) is 12.8 Å². The number of rotatable bonds is 4. The fourth-order valence-corrected chi connectivity index (χ4v) is 3.57. The molecule has 0 radical (unpaired) electrons. The predicted molar refractivity (Wildman–Crippen MR) is 90.6 cm³/mol. The zero-order valence-electron chi connectivity index (χ0n) is 13.2. The van der Waals surface area contributed by atoms with E-state index in [2.05, 4.69) is 9.82 Å².